The van der Waals surface area contributed by atoms with Crippen molar-refractivity contribution >= 4 is 15.7 Å². The first-order valence-corrected chi connectivity index (χ1v) is 8.37. The quantitative estimate of drug-likeness (QED) is 0.678. The minimum Gasteiger partial charge on any atom is -0.353 e. The van der Waals surface area contributed by atoms with E-state index in [4.69, 9.17) is 5.73 Å². The Morgan fingerprint density at radius 2 is 1.83 bits per heavy atom. The molecule has 0 aromatic rings. The van der Waals surface area contributed by atoms with Gasteiger partial charge in [0.15, 0.2) is 0 Å². The average Bonchev–Trinajstić information content (AvgIpc) is 2.12. The lowest BCUT2D eigenvalue weighted by Gasteiger charge is -2.18. The van der Waals surface area contributed by atoms with E-state index in [-0.39, 0.29) is 23.6 Å². The number of amides is 1. The Morgan fingerprint density at radius 3 is 2.22 bits per heavy atom. The highest BCUT2D eigenvalue weighted by Gasteiger charge is 2.17. The summed E-state index contributed by atoms with van der Waals surface area (Å²) < 4.78 is 22.2. The second kappa shape index (κ2) is 7.74. The fourth-order valence-electron chi connectivity index (χ4n) is 2.02. The SMILES string of the molecule is CC(C)C[C@H](CN)CC(=O)NC(C)CS(C)(=O)=O. The molecule has 0 radical (unpaired) electrons. The third-order valence-electron chi connectivity index (χ3n) is 2.57. The van der Waals surface area contributed by atoms with Crippen LogP contribution in [0.25, 0.3) is 0 Å². The Hall–Kier alpha value is -0.620. The van der Waals surface area contributed by atoms with Crippen LogP contribution in [0, 0.1) is 11.8 Å². The van der Waals surface area contributed by atoms with E-state index in [0.717, 1.165) is 12.7 Å². The highest BCUT2D eigenvalue weighted by molar-refractivity contribution is 7.90. The molecule has 0 saturated carbocycles. The number of hydrogen-bond donors (Lipinski definition) is 2. The molecule has 2 atom stereocenters. The van der Waals surface area contributed by atoms with E-state index in [1.54, 1.807) is 6.92 Å². The summed E-state index contributed by atoms with van der Waals surface area (Å²) >= 11 is 0. The Balaban J connectivity index is 4.16. The van der Waals surface area contributed by atoms with Gasteiger partial charge in [-0.05, 0) is 31.7 Å². The van der Waals surface area contributed by atoms with Gasteiger partial charge in [0.2, 0.25) is 5.91 Å². The molecule has 0 aliphatic carbocycles. The molecule has 0 rings (SSSR count). The largest absolute Gasteiger partial charge is 0.353 e. The summed E-state index contributed by atoms with van der Waals surface area (Å²) in [5, 5.41) is 2.70. The molecule has 0 spiro atoms. The fraction of sp³-hybridized carbons (Fsp3) is 0.917. The number of carbonyl (C=O) groups is 1. The van der Waals surface area contributed by atoms with Crippen LogP contribution >= 0.6 is 0 Å². The zero-order valence-electron chi connectivity index (χ0n) is 11.8. The summed E-state index contributed by atoms with van der Waals surface area (Å²) in [6, 6.07) is -0.357. The minimum absolute atomic E-state index is 0.0315. The topological polar surface area (TPSA) is 89.3 Å². The van der Waals surface area contributed by atoms with Gasteiger partial charge in [0.1, 0.15) is 9.84 Å². The van der Waals surface area contributed by atoms with Crippen molar-refractivity contribution in [3.8, 4) is 0 Å². The summed E-state index contributed by atoms with van der Waals surface area (Å²) in [5.41, 5.74) is 5.63. The van der Waals surface area contributed by atoms with E-state index in [9.17, 15) is 13.2 Å². The molecule has 3 N–H and O–H groups in total. The van der Waals surface area contributed by atoms with Gasteiger partial charge >= 0.3 is 0 Å². The molecular weight excluding hydrogens is 252 g/mol. The molecular formula is C12H26N2O3S. The van der Waals surface area contributed by atoms with Crippen LogP contribution in [-0.4, -0.2) is 38.9 Å². The van der Waals surface area contributed by atoms with Crippen molar-refractivity contribution in [3.63, 3.8) is 0 Å². The third-order valence-corrected chi connectivity index (χ3v) is 3.68. The van der Waals surface area contributed by atoms with Crippen molar-refractivity contribution in [1.29, 1.82) is 0 Å². The summed E-state index contributed by atoms with van der Waals surface area (Å²) in [4.78, 5) is 11.7. The number of carbonyl (C=O) groups excluding carboxylic acids is 1. The van der Waals surface area contributed by atoms with E-state index in [2.05, 4.69) is 19.2 Å². The van der Waals surface area contributed by atoms with Crippen molar-refractivity contribution < 1.29 is 13.2 Å². The van der Waals surface area contributed by atoms with Crippen LogP contribution in [0.15, 0.2) is 0 Å². The molecule has 1 amide bonds. The first-order valence-electron chi connectivity index (χ1n) is 6.31. The lowest BCUT2D eigenvalue weighted by atomic mass is 9.94. The third kappa shape index (κ3) is 9.41. The summed E-state index contributed by atoms with van der Waals surface area (Å²) in [6.07, 6.45) is 2.43. The predicted octanol–water partition coefficient (Wildman–Crippen LogP) is 0.547. The molecule has 0 aromatic carbocycles. The monoisotopic (exact) mass is 278 g/mol. The van der Waals surface area contributed by atoms with Gasteiger partial charge in [0, 0.05) is 18.7 Å². The lowest BCUT2D eigenvalue weighted by Crippen LogP contribution is -2.38. The predicted molar refractivity (Wildman–Crippen MR) is 73.9 cm³/mol. The van der Waals surface area contributed by atoms with Gasteiger partial charge in [0.05, 0.1) is 5.75 Å². The zero-order valence-corrected chi connectivity index (χ0v) is 12.6. The number of rotatable bonds is 8. The number of nitrogens with two attached hydrogens (primary N) is 1. The summed E-state index contributed by atoms with van der Waals surface area (Å²) in [5.74, 6) is 0.508. The second-order valence-corrected chi connectivity index (χ2v) is 7.68. The maximum atomic E-state index is 11.7. The Kier molecular flexibility index (Phi) is 7.47. The summed E-state index contributed by atoms with van der Waals surface area (Å²) in [6.45, 7) is 6.35. The lowest BCUT2D eigenvalue weighted by molar-refractivity contribution is -0.122. The number of sulfone groups is 1. The van der Waals surface area contributed by atoms with Gasteiger partial charge in [-0.25, -0.2) is 8.42 Å². The van der Waals surface area contributed by atoms with Gasteiger partial charge in [-0.1, -0.05) is 13.8 Å². The van der Waals surface area contributed by atoms with Gasteiger partial charge in [0.25, 0.3) is 0 Å². The molecule has 0 aliphatic heterocycles. The van der Waals surface area contributed by atoms with Crippen LogP contribution in [0.2, 0.25) is 0 Å². The standard InChI is InChI=1S/C12H26N2O3S/c1-9(2)5-11(7-13)6-12(15)14-10(3)8-18(4,16)17/h9-11H,5-8,13H2,1-4H3,(H,14,15)/t10?,11-/m0/s1. The van der Waals surface area contributed by atoms with Gasteiger partial charge in [-0.3, -0.25) is 4.79 Å². The maximum Gasteiger partial charge on any atom is 0.220 e. The molecule has 0 aromatic heterocycles. The highest BCUT2D eigenvalue weighted by Crippen LogP contribution is 2.14. The zero-order chi connectivity index (χ0) is 14.3. The normalized spacial score (nSPS) is 15.4. The smallest absolute Gasteiger partial charge is 0.220 e. The van der Waals surface area contributed by atoms with Crippen molar-refractivity contribution in [2.45, 2.75) is 39.7 Å². The molecule has 6 heteroatoms. The van der Waals surface area contributed by atoms with Crippen molar-refractivity contribution in [2.24, 2.45) is 17.6 Å². The number of hydrogen-bond acceptors (Lipinski definition) is 4. The summed E-state index contributed by atoms with van der Waals surface area (Å²) in [7, 11) is -3.06. The molecule has 1 unspecified atom stereocenters. The van der Waals surface area contributed by atoms with Crippen LogP contribution in [0.1, 0.15) is 33.6 Å². The van der Waals surface area contributed by atoms with E-state index in [0.29, 0.717) is 18.9 Å². The van der Waals surface area contributed by atoms with Gasteiger partial charge in [-0.15, -0.1) is 0 Å². The van der Waals surface area contributed by atoms with Crippen molar-refractivity contribution in [3.05, 3.63) is 0 Å². The van der Waals surface area contributed by atoms with Gasteiger partial charge < -0.3 is 11.1 Å². The van der Waals surface area contributed by atoms with Crippen molar-refractivity contribution in [2.75, 3.05) is 18.6 Å². The molecule has 108 valence electrons. The molecule has 0 heterocycles. The van der Waals surface area contributed by atoms with Crippen LogP contribution in [0.3, 0.4) is 0 Å². The first kappa shape index (κ1) is 17.4. The van der Waals surface area contributed by atoms with E-state index in [1.165, 1.54) is 0 Å². The molecule has 5 nitrogen and oxygen atoms in total. The Morgan fingerprint density at radius 1 is 1.28 bits per heavy atom. The van der Waals surface area contributed by atoms with Crippen LogP contribution in [0.4, 0.5) is 0 Å². The first-order chi connectivity index (χ1) is 8.14. The minimum atomic E-state index is -3.06. The van der Waals surface area contributed by atoms with Crippen LogP contribution in [-0.2, 0) is 14.6 Å². The van der Waals surface area contributed by atoms with E-state index < -0.39 is 9.84 Å². The molecule has 0 bridgehead atoms. The number of nitrogens with one attached hydrogen (secondary N) is 1. The second-order valence-electron chi connectivity index (χ2n) is 5.50. The average molecular weight is 278 g/mol. The Bertz CT molecular complexity index is 352. The highest BCUT2D eigenvalue weighted by atomic mass is 32.2. The van der Waals surface area contributed by atoms with Crippen molar-refractivity contribution in [1.82, 2.24) is 5.32 Å². The Labute approximate surface area is 110 Å². The van der Waals surface area contributed by atoms with E-state index >= 15 is 0 Å². The maximum absolute atomic E-state index is 11.7. The van der Waals surface area contributed by atoms with Gasteiger partial charge in [-0.2, -0.15) is 0 Å². The molecule has 0 fully saturated rings. The van der Waals surface area contributed by atoms with Crippen LogP contribution < -0.4 is 11.1 Å². The van der Waals surface area contributed by atoms with E-state index in [1.807, 2.05) is 0 Å². The fourth-order valence-corrected chi connectivity index (χ4v) is 3.01. The van der Waals surface area contributed by atoms with Crippen LogP contribution in [0.5, 0.6) is 0 Å². The molecule has 0 saturated heterocycles. The molecule has 0 aliphatic rings. The molecule has 18 heavy (non-hydrogen) atoms.